The highest BCUT2D eigenvalue weighted by molar-refractivity contribution is 7.98. The van der Waals surface area contributed by atoms with Crippen molar-refractivity contribution in [2.45, 2.75) is 44.1 Å². The molecule has 0 saturated carbocycles. The van der Waals surface area contributed by atoms with E-state index in [1.54, 1.807) is 4.57 Å². The van der Waals surface area contributed by atoms with Crippen LogP contribution < -0.4 is 11.0 Å². The van der Waals surface area contributed by atoms with E-state index in [-0.39, 0.29) is 18.0 Å². The Morgan fingerprint density at radius 2 is 2.19 bits per heavy atom. The van der Waals surface area contributed by atoms with Crippen LogP contribution in [0.25, 0.3) is 0 Å². The van der Waals surface area contributed by atoms with Crippen LogP contribution in [0.1, 0.15) is 29.6 Å². The van der Waals surface area contributed by atoms with Crippen LogP contribution >= 0.6 is 23.1 Å². The zero-order valence-corrected chi connectivity index (χ0v) is 16.8. The van der Waals surface area contributed by atoms with Gasteiger partial charge in [-0.25, -0.2) is 14.9 Å². The zero-order chi connectivity index (χ0) is 19.2. The van der Waals surface area contributed by atoms with E-state index in [0.29, 0.717) is 17.5 Å². The van der Waals surface area contributed by atoms with Gasteiger partial charge in [-0.05, 0) is 25.0 Å². The third kappa shape index (κ3) is 5.08. The molecule has 0 aliphatic carbocycles. The minimum atomic E-state index is -0.189. The van der Waals surface area contributed by atoms with Crippen molar-refractivity contribution in [1.29, 1.82) is 0 Å². The van der Waals surface area contributed by atoms with Crippen molar-refractivity contribution >= 4 is 34.7 Å². The molecule has 0 atom stereocenters. The lowest BCUT2D eigenvalue weighted by atomic mass is 10.2. The van der Waals surface area contributed by atoms with Crippen molar-refractivity contribution < 1.29 is 4.79 Å². The number of nitrogens with zero attached hydrogens (tertiary/aromatic N) is 3. The minimum absolute atomic E-state index is 0.0815. The lowest BCUT2D eigenvalue weighted by Crippen LogP contribution is -2.17. The molecule has 9 heteroatoms. The highest BCUT2D eigenvalue weighted by atomic mass is 32.2. The number of hydrogen-bond donors (Lipinski definition) is 2. The fourth-order valence-corrected chi connectivity index (χ4v) is 4.28. The number of H-pyrrole nitrogens is 1. The molecule has 142 valence electrons. The van der Waals surface area contributed by atoms with E-state index in [4.69, 9.17) is 0 Å². The number of benzene rings is 1. The molecule has 2 aromatic heterocycles. The maximum atomic E-state index is 12.2. The molecular formula is C18H21N5O2S2. The van der Waals surface area contributed by atoms with Crippen LogP contribution in [0.5, 0.6) is 0 Å². The van der Waals surface area contributed by atoms with Crippen LogP contribution in [0.2, 0.25) is 0 Å². The molecule has 27 heavy (non-hydrogen) atoms. The van der Waals surface area contributed by atoms with E-state index in [1.807, 2.05) is 43.5 Å². The van der Waals surface area contributed by atoms with Crippen LogP contribution in [-0.4, -0.2) is 25.7 Å². The Labute approximate surface area is 165 Å². The fraction of sp³-hybridized carbons (Fsp3) is 0.333. The number of anilines is 1. The molecule has 2 heterocycles. The molecule has 3 aromatic rings. The van der Waals surface area contributed by atoms with Gasteiger partial charge in [0.25, 0.3) is 0 Å². The van der Waals surface area contributed by atoms with Crippen molar-refractivity contribution in [3.8, 4) is 0 Å². The number of aromatic nitrogens is 4. The Morgan fingerprint density at radius 3 is 2.96 bits per heavy atom. The third-order valence-corrected chi connectivity index (χ3v) is 5.76. The number of rotatable bonds is 8. The largest absolute Gasteiger partial charge is 0.343 e. The van der Waals surface area contributed by atoms with Gasteiger partial charge in [0.05, 0.1) is 12.1 Å². The lowest BCUT2D eigenvalue weighted by Gasteiger charge is -2.06. The van der Waals surface area contributed by atoms with Gasteiger partial charge in [0.1, 0.15) is 5.01 Å². The number of carbonyl (C=O) groups is 1. The summed E-state index contributed by atoms with van der Waals surface area (Å²) in [5.74, 6) is 0.520. The number of hydrogen-bond acceptors (Lipinski definition) is 6. The van der Waals surface area contributed by atoms with Crippen molar-refractivity contribution in [3.05, 3.63) is 56.4 Å². The first-order chi connectivity index (χ1) is 13.1. The van der Waals surface area contributed by atoms with E-state index in [2.05, 4.69) is 20.5 Å². The second-order valence-electron chi connectivity index (χ2n) is 6.02. The monoisotopic (exact) mass is 403 g/mol. The fourth-order valence-electron chi connectivity index (χ4n) is 2.51. The van der Waals surface area contributed by atoms with Gasteiger partial charge in [-0.3, -0.25) is 9.36 Å². The van der Waals surface area contributed by atoms with Crippen molar-refractivity contribution in [2.75, 3.05) is 5.32 Å². The Balaban J connectivity index is 1.56. The molecule has 0 aliphatic heterocycles. The highest BCUT2D eigenvalue weighted by Gasteiger charge is 2.12. The number of amides is 1. The molecule has 7 nitrogen and oxygen atoms in total. The summed E-state index contributed by atoms with van der Waals surface area (Å²) in [6.45, 7) is 4.61. The summed E-state index contributed by atoms with van der Waals surface area (Å²) in [5.41, 5.74) is 2.54. The van der Waals surface area contributed by atoms with Gasteiger partial charge in [-0.15, -0.1) is 16.4 Å². The Kier molecular flexibility index (Phi) is 6.46. The number of para-hydroxylation sites is 1. The Morgan fingerprint density at radius 1 is 1.37 bits per heavy atom. The molecule has 0 radical (unpaired) electrons. The molecule has 0 aliphatic rings. The standard InChI is InChI=1S/C18H21N5O2S2/c1-3-8-23-17(25)21-22-18(23)27-11-13-10-26-16(19-13)9-15(24)20-14-7-5-4-6-12(14)2/h4-7,10H,3,8-9,11H2,1-2H3,(H,20,24)(H,21,25). The molecule has 1 amide bonds. The van der Waals surface area contributed by atoms with Gasteiger partial charge in [-0.2, -0.15) is 0 Å². The first-order valence-electron chi connectivity index (χ1n) is 8.63. The first kappa shape index (κ1) is 19.4. The van der Waals surface area contributed by atoms with Crippen LogP contribution in [0, 0.1) is 6.92 Å². The van der Waals surface area contributed by atoms with Crippen molar-refractivity contribution in [3.63, 3.8) is 0 Å². The highest BCUT2D eigenvalue weighted by Crippen LogP contribution is 2.22. The second kappa shape index (κ2) is 9.01. The van der Waals surface area contributed by atoms with Crippen LogP contribution in [-0.2, 0) is 23.5 Å². The van der Waals surface area contributed by atoms with Crippen LogP contribution in [0.15, 0.2) is 39.6 Å². The number of aromatic amines is 1. The first-order valence-corrected chi connectivity index (χ1v) is 10.5. The maximum absolute atomic E-state index is 12.2. The van der Waals surface area contributed by atoms with Gasteiger partial charge >= 0.3 is 5.69 Å². The van der Waals surface area contributed by atoms with Gasteiger partial charge in [-0.1, -0.05) is 36.9 Å². The summed E-state index contributed by atoms with van der Waals surface area (Å²) in [6, 6.07) is 7.68. The molecule has 0 fully saturated rings. The molecule has 1 aromatic carbocycles. The van der Waals surface area contributed by atoms with Crippen molar-refractivity contribution in [2.24, 2.45) is 0 Å². The molecular weight excluding hydrogens is 382 g/mol. The van der Waals surface area contributed by atoms with Crippen molar-refractivity contribution in [1.82, 2.24) is 19.7 Å². The van der Waals surface area contributed by atoms with E-state index in [9.17, 15) is 9.59 Å². The summed E-state index contributed by atoms with van der Waals surface area (Å²) in [6.07, 6.45) is 1.11. The molecule has 0 spiro atoms. The smallest absolute Gasteiger partial charge is 0.325 e. The molecule has 0 bridgehead atoms. The zero-order valence-electron chi connectivity index (χ0n) is 15.2. The van der Waals surface area contributed by atoms with E-state index >= 15 is 0 Å². The summed E-state index contributed by atoms with van der Waals surface area (Å²) in [5, 5.41) is 12.8. The predicted octanol–water partition coefficient (Wildman–Crippen LogP) is 3.22. The quantitative estimate of drug-likeness (QED) is 0.564. The van der Waals surface area contributed by atoms with Crippen LogP contribution in [0.4, 0.5) is 5.69 Å². The number of aryl methyl sites for hydroxylation is 1. The molecule has 0 unspecified atom stereocenters. The van der Waals surface area contributed by atoms with Crippen LogP contribution in [0.3, 0.4) is 0 Å². The SMILES string of the molecule is CCCn1c(SCc2csc(CC(=O)Nc3ccccc3C)n2)n[nH]c1=O. The minimum Gasteiger partial charge on any atom is -0.325 e. The third-order valence-electron chi connectivity index (χ3n) is 3.85. The molecule has 2 N–H and O–H groups in total. The number of nitrogens with one attached hydrogen (secondary N) is 2. The van der Waals surface area contributed by atoms with Gasteiger partial charge in [0, 0.05) is 23.4 Å². The number of carbonyl (C=O) groups excluding carboxylic acids is 1. The Hall–Kier alpha value is -2.39. The lowest BCUT2D eigenvalue weighted by molar-refractivity contribution is -0.115. The predicted molar refractivity (Wildman–Crippen MR) is 108 cm³/mol. The average Bonchev–Trinajstić information content (AvgIpc) is 3.23. The normalized spacial score (nSPS) is 10.9. The summed E-state index contributed by atoms with van der Waals surface area (Å²) in [7, 11) is 0. The maximum Gasteiger partial charge on any atom is 0.343 e. The van der Waals surface area contributed by atoms with E-state index in [1.165, 1.54) is 23.1 Å². The Bertz CT molecular complexity index is 976. The van der Waals surface area contributed by atoms with Gasteiger partial charge < -0.3 is 5.32 Å². The molecule has 0 saturated heterocycles. The number of thioether (sulfide) groups is 1. The van der Waals surface area contributed by atoms with E-state index < -0.39 is 0 Å². The average molecular weight is 404 g/mol. The number of thiazole rings is 1. The summed E-state index contributed by atoms with van der Waals surface area (Å²) in [4.78, 5) is 28.5. The molecule has 3 rings (SSSR count). The van der Waals surface area contributed by atoms with E-state index in [0.717, 1.165) is 28.4 Å². The summed E-state index contributed by atoms with van der Waals surface area (Å²) >= 11 is 2.93. The van der Waals surface area contributed by atoms with Gasteiger partial charge in [0.2, 0.25) is 5.91 Å². The second-order valence-corrected chi connectivity index (χ2v) is 7.91. The van der Waals surface area contributed by atoms with Gasteiger partial charge in [0.15, 0.2) is 5.16 Å². The summed E-state index contributed by atoms with van der Waals surface area (Å²) < 4.78 is 1.63. The topological polar surface area (TPSA) is 92.7 Å².